The monoisotopic (exact) mass is 378 g/mol. The summed E-state index contributed by atoms with van der Waals surface area (Å²) in [5.41, 5.74) is -0.229. The summed E-state index contributed by atoms with van der Waals surface area (Å²) in [5.74, 6) is -2.27. The van der Waals surface area contributed by atoms with Crippen LogP contribution in [0.15, 0.2) is 24.3 Å². The van der Waals surface area contributed by atoms with Gasteiger partial charge >= 0.3 is 5.97 Å². The smallest absolute Gasteiger partial charge is 0.326 e. The SMILES string of the molecule is CC(C)C[C@H](NC(=O)CNC(=O)C1(c2cccc(F)c2)CCCC1)C(=O)O. The number of carbonyl (C=O) groups is 3. The zero-order valence-electron chi connectivity index (χ0n) is 15.8. The second-order valence-corrected chi connectivity index (χ2v) is 7.57. The molecule has 0 saturated heterocycles. The number of carboxylic acid groups (broad SMARTS) is 1. The molecule has 1 aromatic rings. The Balaban J connectivity index is 2.02. The first kappa shape index (κ1) is 20.9. The number of halogens is 1. The van der Waals surface area contributed by atoms with E-state index in [0.717, 1.165) is 12.8 Å². The van der Waals surface area contributed by atoms with Gasteiger partial charge in [-0.25, -0.2) is 9.18 Å². The highest BCUT2D eigenvalue weighted by Gasteiger charge is 2.42. The van der Waals surface area contributed by atoms with Crippen molar-refractivity contribution in [1.82, 2.24) is 10.6 Å². The average molecular weight is 378 g/mol. The minimum atomic E-state index is -1.10. The van der Waals surface area contributed by atoms with Crippen LogP contribution in [0.1, 0.15) is 51.5 Å². The standard InChI is InChI=1S/C20H27FN2O4/c1-13(2)10-16(18(25)26)23-17(24)12-22-19(27)20(8-3-4-9-20)14-6-5-7-15(21)11-14/h5-7,11,13,16H,3-4,8-10,12H2,1-2H3,(H,22,27)(H,23,24)(H,25,26)/t16-/m0/s1. The molecule has 0 bridgehead atoms. The van der Waals surface area contributed by atoms with Crippen molar-refractivity contribution in [3.63, 3.8) is 0 Å². The van der Waals surface area contributed by atoms with Gasteiger partial charge in [0.15, 0.2) is 0 Å². The molecule has 2 amide bonds. The Kier molecular flexibility index (Phi) is 6.93. The predicted octanol–water partition coefficient (Wildman–Crippen LogP) is 2.37. The maximum absolute atomic E-state index is 13.6. The highest BCUT2D eigenvalue weighted by molar-refractivity contribution is 5.92. The summed E-state index contributed by atoms with van der Waals surface area (Å²) in [4.78, 5) is 36.2. The molecule has 1 saturated carbocycles. The molecule has 27 heavy (non-hydrogen) atoms. The van der Waals surface area contributed by atoms with Gasteiger partial charge < -0.3 is 15.7 Å². The number of nitrogens with one attached hydrogen (secondary N) is 2. The van der Waals surface area contributed by atoms with Gasteiger partial charge in [-0.15, -0.1) is 0 Å². The molecule has 0 aromatic heterocycles. The summed E-state index contributed by atoms with van der Waals surface area (Å²) in [7, 11) is 0. The van der Waals surface area contributed by atoms with Gasteiger partial charge in [0.2, 0.25) is 11.8 Å². The highest BCUT2D eigenvalue weighted by Crippen LogP contribution is 2.41. The number of benzene rings is 1. The quantitative estimate of drug-likeness (QED) is 0.647. The van der Waals surface area contributed by atoms with Crippen LogP contribution in [-0.2, 0) is 19.8 Å². The van der Waals surface area contributed by atoms with E-state index >= 15 is 0 Å². The lowest BCUT2D eigenvalue weighted by Crippen LogP contribution is -2.49. The summed E-state index contributed by atoms with van der Waals surface area (Å²) >= 11 is 0. The van der Waals surface area contributed by atoms with E-state index in [4.69, 9.17) is 0 Å². The summed E-state index contributed by atoms with van der Waals surface area (Å²) in [6.07, 6.45) is 3.20. The van der Waals surface area contributed by atoms with E-state index < -0.39 is 29.2 Å². The molecule has 0 radical (unpaired) electrons. The van der Waals surface area contributed by atoms with Crippen molar-refractivity contribution in [2.45, 2.75) is 57.4 Å². The minimum absolute atomic E-state index is 0.107. The fraction of sp³-hybridized carbons (Fsp3) is 0.550. The first-order valence-corrected chi connectivity index (χ1v) is 9.31. The molecule has 1 fully saturated rings. The number of carboxylic acids is 1. The van der Waals surface area contributed by atoms with Crippen LogP contribution in [0.25, 0.3) is 0 Å². The molecule has 1 aliphatic carbocycles. The topological polar surface area (TPSA) is 95.5 Å². The van der Waals surface area contributed by atoms with Crippen molar-refractivity contribution in [2.24, 2.45) is 5.92 Å². The van der Waals surface area contributed by atoms with Crippen LogP contribution in [-0.4, -0.2) is 35.5 Å². The molecule has 3 N–H and O–H groups in total. The van der Waals surface area contributed by atoms with Crippen LogP contribution >= 0.6 is 0 Å². The number of hydrogen-bond acceptors (Lipinski definition) is 3. The van der Waals surface area contributed by atoms with Crippen molar-refractivity contribution in [2.75, 3.05) is 6.54 Å². The van der Waals surface area contributed by atoms with Crippen LogP contribution in [0.5, 0.6) is 0 Å². The molecule has 0 aliphatic heterocycles. The molecule has 148 valence electrons. The lowest BCUT2D eigenvalue weighted by molar-refractivity contribution is -0.142. The molecule has 1 aliphatic rings. The number of hydrogen-bond donors (Lipinski definition) is 3. The van der Waals surface area contributed by atoms with E-state index in [2.05, 4.69) is 10.6 Å². The second-order valence-electron chi connectivity index (χ2n) is 7.57. The van der Waals surface area contributed by atoms with Gasteiger partial charge in [0.25, 0.3) is 0 Å². The summed E-state index contributed by atoms with van der Waals surface area (Å²) in [5, 5.41) is 14.3. The minimum Gasteiger partial charge on any atom is -0.480 e. The molecule has 1 aromatic carbocycles. The van der Waals surface area contributed by atoms with E-state index in [0.29, 0.717) is 24.8 Å². The zero-order valence-corrected chi connectivity index (χ0v) is 15.8. The molecule has 2 rings (SSSR count). The maximum atomic E-state index is 13.6. The van der Waals surface area contributed by atoms with Gasteiger partial charge in [-0.3, -0.25) is 9.59 Å². The fourth-order valence-electron chi connectivity index (χ4n) is 3.68. The molecule has 0 unspecified atom stereocenters. The van der Waals surface area contributed by atoms with Crippen LogP contribution in [0, 0.1) is 11.7 Å². The normalized spacial score (nSPS) is 16.7. The third-order valence-corrected chi connectivity index (χ3v) is 5.02. The molecular formula is C20H27FN2O4. The zero-order chi connectivity index (χ0) is 20.0. The van der Waals surface area contributed by atoms with Crippen LogP contribution in [0.3, 0.4) is 0 Å². The Morgan fingerprint density at radius 1 is 1.22 bits per heavy atom. The summed E-state index contributed by atoms with van der Waals surface area (Å²) < 4.78 is 13.6. The van der Waals surface area contributed by atoms with E-state index in [-0.39, 0.29) is 18.4 Å². The number of amides is 2. The third kappa shape index (κ3) is 5.28. The van der Waals surface area contributed by atoms with Crippen molar-refractivity contribution in [3.8, 4) is 0 Å². The van der Waals surface area contributed by atoms with Crippen LogP contribution in [0.4, 0.5) is 4.39 Å². The Labute approximate surface area is 158 Å². The maximum Gasteiger partial charge on any atom is 0.326 e. The number of carbonyl (C=O) groups excluding carboxylic acids is 2. The number of aliphatic carboxylic acids is 1. The van der Waals surface area contributed by atoms with Gasteiger partial charge in [-0.05, 0) is 42.9 Å². The van der Waals surface area contributed by atoms with E-state index in [9.17, 15) is 23.9 Å². The molecule has 6 nitrogen and oxygen atoms in total. The molecule has 0 spiro atoms. The van der Waals surface area contributed by atoms with Gasteiger partial charge in [-0.1, -0.05) is 38.8 Å². The Hall–Kier alpha value is -2.44. The largest absolute Gasteiger partial charge is 0.480 e. The average Bonchev–Trinajstić information content (AvgIpc) is 3.09. The van der Waals surface area contributed by atoms with Gasteiger partial charge in [-0.2, -0.15) is 0 Å². The highest BCUT2D eigenvalue weighted by atomic mass is 19.1. The Morgan fingerprint density at radius 3 is 2.44 bits per heavy atom. The second kappa shape index (κ2) is 8.97. The summed E-state index contributed by atoms with van der Waals surface area (Å²) in [6.45, 7) is 3.43. The predicted molar refractivity (Wildman–Crippen MR) is 98.6 cm³/mol. The van der Waals surface area contributed by atoms with Gasteiger partial charge in [0.05, 0.1) is 12.0 Å². The van der Waals surface area contributed by atoms with Gasteiger partial charge in [0, 0.05) is 0 Å². The van der Waals surface area contributed by atoms with E-state index in [1.807, 2.05) is 13.8 Å². The molecular weight excluding hydrogens is 351 g/mol. The third-order valence-electron chi connectivity index (χ3n) is 5.02. The lowest BCUT2D eigenvalue weighted by atomic mass is 9.78. The van der Waals surface area contributed by atoms with Crippen molar-refractivity contribution in [1.29, 1.82) is 0 Å². The lowest BCUT2D eigenvalue weighted by Gasteiger charge is -2.28. The molecule has 0 heterocycles. The number of rotatable bonds is 8. The van der Waals surface area contributed by atoms with Gasteiger partial charge in [0.1, 0.15) is 11.9 Å². The van der Waals surface area contributed by atoms with E-state index in [1.54, 1.807) is 12.1 Å². The van der Waals surface area contributed by atoms with Crippen LogP contribution in [0.2, 0.25) is 0 Å². The van der Waals surface area contributed by atoms with Crippen molar-refractivity contribution >= 4 is 17.8 Å². The summed E-state index contributed by atoms with van der Waals surface area (Å²) in [6, 6.07) is 5.02. The first-order valence-electron chi connectivity index (χ1n) is 9.31. The fourth-order valence-corrected chi connectivity index (χ4v) is 3.68. The van der Waals surface area contributed by atoms with Crippen molar-refractivity contribution < 1.29 is 23.9 Å². The first-order chi connectivity index (χ1) is 12.7. The molecule has 1 atom stereocenters. The molecule has 7 heteroatoms. The van der Waals surface area contributed by atoms with Crippen molar-refractivity contribution in [3.05, 3.63) is 35.6 Å². The van der Waals surface area contributed by atoms with E-state index in [1.165, 1.54) is 12.1 Å². The Bertz CT molecular complexity index is 699. The van der Waals surface area contributed by atoms with Crippen LogP contribution < -0.4 is 10.6 Å². The Morgan fingerprint density at radius 2 is 1.89 bits per heavy atom.